The molecule has 148 valence electrons. The third kappa shape index (κ3) is 5.71. The topological polar surface area (TPSA) is 88.1 Å². The van der Waals surface area contributed by atoms with Gasteiger partial charge in [-0.25, -0.2) is 0 Å². The first-order valence-corrected chi connectivity index (χ1v) is 9.72. The van der Waals surface area contributed by atoms with Crippen LogP contribution in [0.5, 0.6) is 0 Å². The molecular formula is C19H24O7S. The molecule has 1 heterocycles. The van der Waals surface area contributed by atoms with Crippen molar-refractivity contribution in [2.75, 3.05) is 5.75 Å². The van der Waals surface area contributed by atoms with Crippen LogP contribution in [-0.2, 0) is 33.3 Å². The van der Waals surface area contributed by atoms with E-state index in [2.05, 4.69) is 0 Å². The van der Waals surface area contributed by atoms with Gasteiger partial charge < -0.3 is 18.9 Å². The van der Waals surface area contributed by atoms with Gasteiger partial charge in [0.1, 0.15) is 11.5 Å². The Balaban J connectivity index is 2.48. The van der Waals surface area contributed by atoms with Crippen molar-refractivity contribution in [2.24, 2.45) is 0 Å². The molecule has 7 nitrogen and oxygen atoms in total. The lowest BCUT2D eigenvalue weighted by atomic mass is 9.94. The Bertz CT molecular complexity index is 663. The zero-order chi connectivity index (χ0) is 20.0. The molecule has 5 atom stereocenters. The van der Waals surface area contributed by atoms with Crippen LogP contribution in [-0.4, -0.2) is 47.4 Å². The average Bonchev–Trinajstić information content (AvgIpc) is 2.59. The highest BCUT2D eigenvalue weighted by molar-refractivity contribution is 7.99. The van der Waals surface area contributed by atoms with Gasteiger partial charge in [0, 0.05) is 20.8 Å². The molecule has 8 heteroatoms. The van der Waals surface area contributed by atoms with Crippen LogP contribution in [0, 0.1) is 0 Å². The second-order valence-electron chi connectivity index (χ2n) is 6.01. The van der Waals surface area contributed by atoms with Gasteiger partial charge in [-0.3, -0.25) is 14.4 Å². The predicted molar refractivity (Wildman–Crippen MR) is 98.9 cm³/mol. The van der Waals surface area contributed by atoms with Gasteiger partial charge in [-0.2, -0.15) is 0 Å². The fraction of sp³-hybridized carbons (Fsp3) is 0.526. The number of hydrogen-bond donors (Lipinski definition) is 0. The molecule has 0 saturated carbocycles. The Labute approximate surface area is 162 Å². The van der Waals surface area contributed by atoms with E-state index < -0.39 is 47.8 Å². The van der Waals surface area contributed by atoms with E-state index in [9.17, 15) is 14.4 Å². The zero-order valence-electron chi connectivity index (χ0n) is 15.7. The molecule has 0 spiro atoms. The predicted octanol–water partition coefficient (Wildman–Crippen LogP) is 2.63. The fourth-order valence-corrected chi connectivity index (χ4v) is 3.91. The third-order valence-corrected chi connectivity index (χ3v) is 4.90. The second kappa shape index (κ2) is 9.75. The normalized spacial score (nSPS) is 27.5. The largest absolute Gasteiger partial charge is 0.455 e. The maximum atomic E-state index is 11.7. The first-order valence-electron chi connectivity index (χ1n) is 8.67. The zero-order valence-corrected chi connectivity index (χ0v) is 16.6. The molecule has 0 aromatic heterocycles. The number of hydrogen-bond acceptors (Lipinski definition) is 8. The first kappa shape index (κ1) is 21.2. The molecule has 0 unspecified atom stereocenters. The van der Waals surface area contributed by atoms with E-state index in [0.29, 0.717) is 5.75 Å². The molecule has 0 radical (unpaired) electrons. The van der Waals surface area contributed by atoms with Crippen LogP contribution in [0.25, 0.3) is 0 Å². The minimum Gasteiger partial charge on any atom is -0.455 e. The van der Waals surface area contributed by atoms with Crippen molar-refractivity contribution in [1.82, 2.24) is 0 Å². The summed E-state index contributed by atoms with van der Waals surface area (Å²) in [6.45, 7) is 5.73. The minimum atomic E-state index is -0.988. The van der Waals surface area contributed by atoms with Crippen molar-refractivity contribution in [3.63, 3.8) is 0 Å². The highest BCUT2D eigenvalue weighted by Gasteiger charge is 2.52. The van der Waals surface area contributed by atoms with Crippen molar-refractivity contribution < 1.29 is 33.3 Å². The van der Waals surface area contributed by atoms with Crippen LogP contribution in [0.2, 0.25) is 0 Å². The van der Waals surface area contributed by atoms with Crippen molar-refractivity contribution in [3.05, 3.63) is 35.9 Å². The van der Waals surface area contributed by atoms with Gasteiger partial charge >= 0.3 is 17.9 Å². The molecule has 2 rings (SSSR count). The van der Waals surface area contributed by atoms with E-state index >= 15 is 0 Å². The van der Waals surface area contributed by atoms with Crippen molar-refractivity contribution in [1.29, 1.82) is 0 Å². The summed E-state index contributed by atoms with van der Waals surface area (Å²) in [5, 5.41) is 0. The quantitative estimate of drug-likeness (QED) is 0.536. The van der Waals surface area contributed by atoms with E-state index in [4.69, 9.17) is 18.9 Å². The Morgan fingerprint density at radius 3 is 1.93 bits per heavy atom. The molecule has 27 heavy (non-hydrogen) atoms. The molecule has 0 N–H and O–H groups in total. The molecule has 0 aliphatic carbocycles. The number of carbonyl (C=O) groups excluding carboxylic acids is 3. The third-order valence-electron chi connectivity index (χ3n) is 3.86. The van der Waals surface area contributed by atoms with Gasteiger partial charge in [0.15, 0.2) is 18.3 Å². The summed E-state index contributed by atoms with van der Waals surface area (Å²) < 4.78 is 22.5. The van der Waals surface area contributed by atoms with Crippen LogP contribution in [0.1, 0.15) is 39.4 Å². The van der Waals surface area contributed by atoms with Gasteiger partial charge in [-0.05, 0) is 11.3 Å². The first-order chi connectivity index (χ1) is 12.8. The Hall–Kier alpha value is -2.06. The summed E-state index contributed by atoms with van der Waals surface area (Å²) in [6, 6.07) is 9.21. The minimum absolute atomic E-state index is 0.540. The van der Waals surface area contributed by atoms with Crippen LogP contribution < -0.4 is 0 Å². The fourth-order valence-electron chi connectivity index (χ4n) is 2.98. The summed E-state index contributed by atoms with van der Waals surface area (Å²) in [7, 11) is 0. The number of benzene rings is 1. The molecule has 1 aliphatic rings. The lowest BCUT2D eigenvalue weighted by Crippen LogP contribution is -2.57. The number of rotatable bonds is 6. The van der Waals surface area contributed by atoms with Crippen LogP contribution in [0.3, 0.4) is 0 Å². The van der Waals surface area contributed by atoms with Crippen molar-refractivity contribution >= 4 is 29.7 Å². The molecular weight excluding hydrogens is 372 g/mol. The number of esters is 3. The maximum Gasteiger partial charge on any atom is 0.303 e. The molecule has 1 fully saturated rings. The van der Waals surface area contributed by atoms with Crippen LogP contribution >= 0.6 is 11.8 Å². The number of thioether (sulfide) groups is 1. The van der Waals surface area contributed by atoms with Gasteiger partial charge in [-0.1, -0.05) is 37.3 Å². The lowest BCUT2D eigenvalue weighted by Gasteiger charge is -2.44. The molecule has 0 amide bonds. The molecule has 1 aromatic rings. The summed E-state index contributed by atoms with van der Waals surface area (Å²) >= 11 is 1.42. The smallest absolute Gasteiger partial charge is 0.303 e. The van der Waals surface area contributed by atoms with Gasteiger partial charge in [-0.15, -0.1) is 11.8 Å². The SMILES string of the molecule is CCS[C@@H]1O[C@@H](c2ccccc2)[C@@H](OC(C)=O)[C@@H](OC(C)=O)[C@@H]1OC(C)=O. The Morgan fingerprint density at radius 1 is 0.889 bits per heavy atom. The standard InChI is InChI=1S/C19H24O7S/c1-5-27-19-18(25-13(4)22)17(24-12(3)21)16(23-11(2)20)15(26-19)14-9-7-6-8-10-14/h6-10,15-19H,5H2,1-4H3/t15-,16+,17+,18-,19-/m0/s1. The Kier molecular flexibility index (Phi) is 7.67. The van der Waals surface area contributed by atoms with Gasteiger partial charge in [0.25, 0.3) is 0 Å². The van der Waals surface area contributed by atoms with E-state index in [1.54, 1.807) is 0 Å². The van der Waals surface area contributed by atoms with Gasteiger partial charge in [0.05, 0.1) is 0 Å². The van der Waals surface area contributed by atoms with Crippen molar-refractivity contribution in [2.45, 2.75) is 57.5 Å². The summed E-state index contributed by atoms with van der Waals surface area (Å²) in [5.74, 6) is -0.968. The van der Waals surface area contributed by atoms with Crippen LogP contribution in [0.15, 0.2) is 30.3 Å². The summed E-state index contributed by atoms with van der Waals surface area (Å²) in [4.78, 5) is 35.1. The average molecular weight is 396 g/mol. The molecule has 0 bridgehead atoms. The van der Waals surface area contributed by atoms with E-state index in [-0.39, 0.29) is 0 Å². The molecule has 1 aliphatic heterocycles. The van der Waals surface area contributed by atoms with Gasteiger partial charge in [0.2, 0.25) is 0 Å². The summed E-state index contributed by atoms with van der Waals surface area (Å²) in [5.41, 5.74) is 0.184. The van der Waals surface area contributed by atoms with Crippen LogP contribution in [0.4, 0.5) is 0 Å². The lowest BCUT2D eigenvalue weighted by molar-refractivity contribution is -0.233. The number of ether oxygens (including phenoxy) is 4. The van der Waals surface area contributed by atoms with E-state index in [1.807, 2.05) is 37.3 Å². The molecule has 1 saturated heterocycles. The highest BCUT2D eigenvalue weighted by Crippen LogP contribution is 2.40. The molecule has 1 aromatic carbocycles. The van der Waals surface area contributed by atoms with E-state index in [1.165, 1.54) is 32.5 Å². The van der Waals surface area contributed by atoms with Crippen molar-refractivity contribution in [3.8, 4) is 0 Å². The number of carbonyl (C=O) groups is 3. The Morgan fingerprint density at radius 2 is 1.41 bits per heavy atom. The van der Waals surface area contributed by atoms with E-state index in [0.717, 1.165) is 5.56 Å². The highest BCUT2D eigenvalue weighted by atomic mass is 32.2. The monoisotopic (exact) mass is 396 g/mol. The second-order valence-corrected chi connectivity index (χ2v) is 7.39. The maximum absolute atomic E-state index is 11.7. The summed E-state index contributed by atoms with van der Waals surface area (Å²) in [6.07, 6.45) is -3.51.